The lowest BCUT2D eigenvalue weighted by atomic mass is 9.87. The van der Waals surface area contributed by atoms with Gasteiger partial charge in [-0.15, -0.1) is 0 Å². The number of nitrogens with zero attached hydrogens (tertiary/aromatic N) is 1. The molecule has 0 spiro atoms. The number of carboxylic acids is 1. The van der Waals surface area contributed by atoms with E-state index in [0.29, 0.717) is 29.8 Å². The van der Waals surface area contributed by atoms with Crippen LogP contribution < -0.4 is 0 Å². The number of carboxylic acid groups (broad SMARTS) is 1. The molecule has 6 heteroatoms. The molecule has 3 aromatic carbocycles. The van der Waals surface area contributed by atoms with E-state index in [4.69, 9.17) is 11.6 Å². The number of benzene rings is 3. The first kappa shape index (κ1) is 25.4. The predicted octanol–water partition coefficient (Wildman–Crippen LogP) is 7.53. The molecule has 1 heterocycles. The first-order chi connectivity index (χ1) is 17.9. The molecule has 0 amide bonds. The van der Waals surface area contributed by atoms with Gasteiger partial charge >= 0.3 is 5.97 Å². The Morgan fingerprint density at radius 3 is 2.46 bits per heavy atom. The first-order valence-electron chi connectivity index (χ1n) is 12.6. The highest BCUT2D eigenvalue weighted by Gasteiger charge is 2.23. The van der Waals surface area contributed by atoms with Crippen LogP contribution in [0.15, 0.2) is 66.2 Å². The Morgan fingerprint density at radius 1 is 1.00 bits per heavy atom. The number of hydrogen-bond donors (Lipinski definition) is 1. The summed E-state index contributed by atoms with van der Waals surface area (Å²) in [5, 5.41) is 9.87. The topological polar surface area (TPSA) is 40.5 Å². The van der Waals surface area contributed by atoms with Gasteiger partial charge in [0.25, 0.3) is 0 Å². The summed E-state index contributed by atoms with van der Waals surface area (Å²) in [6, 6.07) is 18.2. The number of hydrogen-bond acceptors (Lipinski definition) is 2. The first-order valence-corrected chi connectivity index (χ1v) is 12.9. The van der Waals surface area contributed by atoms with Crippen LogP contribution in [-0.4, -0.2) is 42.3 Å². The lowest BCUT2D eigenvalue weighted by molar-refractivity contribution is 0.0696. The molecule has 5 rings (SSSR count). The zero-order valence-corrected chi connectivity index (χ0v) is 21.2. The minimum absolute atomic E-state index is 0.252. The maximum Gasteiger partial charge on any atom is 0.335 e. The molecule has 1 saturated heterocycles. The summed E-state index contributed by atoms with van der Waals surface area (Å²) < 4.78 is 27.5. The summed E-state index contributed by atoms with van der Waals surface area (Å²) in [4.78, 5) is 13.8. The van der Waals surface area contributed by atoms with E-state index in [9.17, 15) is 14.3 Å². The van der Waals surface area contributed by atoms with E-state index in [0.717, 1.165) is 59.5 Å². The van der Waals surface area contributed by atoms with Crippen molar-refractivity contribution < 1.29 is 18.7 Å². The van der Waals surface area contributed by atoms with Crippen molar-refractivity contribution in [2.24, 2.45) is 0 Å². The number of fused-ring (bicyclic) bond motifs is 1. The highest BCUT2D eigenvalue weighted by Crippen LogP contribution is 2.41. The summed E-state index contributed by atoms with van der Waals surface area (Å²) in [6.07, 6.45) is 4.89. The Balaban J connectivity index is 1.55. The van der Waals surface area contributed by atoms with Gasteiger partial charge in [-0.25, -0.2) is 9.18 Å². The lowest BCUT2D eigenvalue weighted by Gasteiger charge is -2.33. The molecule has 190 valence electrons. The molecule has 3 aromatic rings. The van der Waals surface area contributed by atoms with Crippen molar-refractivity contribution in [1.82, 2.24) is 4.90 Å². The fraction of sp³-hybridized carbons (Fsp3) is 0.258. The largest absolute Gasteiger partial charge is 0.478 e. The van der Waals surface area contributed by atoms with Gasteiger partial charge in [0.1, 0.15) is 5.82 Å². The number of carbonyl (C=O) groups is 1. The van der Waals surface area contributed by atoms with Crippen molar-refractivity contribution in [3.8, 4) is 0 Å². The van der Waals surface area contributed by atoms with Gasteiger partial charge in [0, 0.05) is 30.2 Å². The number of alkyl halides is 1. The van der Waals surface area contributed by atoms with E-state index in [1.54, 1.807) is 24.3 Å². The van der Waals surface area contributed by atoms with E-state index in [1.807, 2.05) is 6.07 Å². The van der Waals surface area contributed by atoms with Gasteiger partial charge in [0.2, 0.25) is 0 Å². The van der Waals surface area contributed by atoms with E-state index >= 15 is 4.39 Å². The Hall–Kier alpha value is -3.28. The van der Waals surface area contributed by atoms with Crippen molar-refractivity contribution in [3.05, 3.63) is 110 Å². The summed E-state index contributed by atoms with van der Waals surface area (Å²) in [6.45, 7) is 2.24. The molecular formula is C31H28ClF2NO2. The third-order valence-electron chi connectivity index (χ3n) is 7.08. The summed E-state index contributed by atoms with van der Waals surface area (Å²) in [5.74, 6) is -1.33. The van der Waals surface area contributed by atoms with E-state index in [1.165, 1.54) is 11.6 Å². The molecular weight excluding hydrogens is 492 g/mol. The monoisotopic (exact) mass is 519 g/mol. The van der Waals surface area contributed by atoms with Crippen molar-refractivity contribution >= 4 is 34.8 Å². The summed E-state index contributed by atoms with van der Waals surface area (Å²) in [7, 11) is 0. The lowest BCUT2D eigenvalue weighted by Crippen LogP contribution is -2.40. The maximum atomic E-state index is 15.1. The molecule has 1 aliphatic carbocycles. The van der Waals surface area contributed by atoms with Crippen molar-refractivity contribution in [2.75, 3.05) is 26.3 Å². The fourth-order valence-electron chi connectivity index (χ4n) is 5.30. The Bertz CT molecular complexity index is 1390. The number of likely N-dealkylation sites (tertiary alicyclic amines) is 1. The maximum absolute atomic E-state index is 15.1. The van der Waals surface area contributed by atoms with Gasteiger partial charge in [-0.2, -0.15) is 0 Å². The number of rotatable bonds is 7. The van der Waals surface area contributed by atoms with Gasteiger partial charge in [0.05, 0.1) is 12.2 Å². The molecule has 0 radical (unpaired) electrons. The smallest absolute Gasteiger partial charge is 0.335 e. The minimum Gasteiger partial charge on any atom is -0.478 e. The van der Waals surface area contributed by atoms with Crippen LogP contribution in [0.25, 0.3) is 17.2 Å². The number of aryl methyl sites for hydroxylation is 1. The highest BCUT2D eigenvalue weighted by molar-refractivity contribution is 6.30. The molecule has 1 fully saturated rings. The Morgan fingerprint density at radius 2 is 1.76 bits per heavy atom. The SMILES string of the molecule is O=C(O)c1ccc2c(c1)CCCC(c1ccc(Cl)cc1F)=C2c1ccc(C=C2CN(CCCF)C2)cc1. The van der Waals surface area contributed by atoms with Crippen molar-refractivity contribution in [2.45, 2.75) is 25.7 Å². The highest BCUT2D eigenvalue weighted by atomic mass is 35.5. The molecule has 0 aromatic heterocycles. The van der Waals surface area contributed by atoms with Crippen LogP contribution in [0, 0.1) is 5.82 Å². The average Bonchev–Trinajstić information content (AvgIpc) is 3.04. The molecule has 0 saturated carbocycles. The number of aromatic carboxylic acids is 1. The predicted molar refractivity (Wildman–Crippen MR) is 145 cm³/mol. The normalized spacial score (nSPS) is 15.7. The molecule has 0 unspecified atom stereocenters. The van der Waals surface area contributed by atoms with Gasteiger partial charge in [0.15, 0.2) is 0 Å². The van der Waals surface area contributed by atoms with E-state index in [2.05, 4.69) is 35.2 Å². The number of halogens is 3. The molecule has 3 nitrogen and oxygen atoms in total. The van der Waals surface area contributed by atoms with Gasteiger partial charge in [-0.05, 0) is 88.9 Å². The van der Waals surface area contributed by atoms with Crippen molar-refractivity contribution in [1.29, 1.82) is 0 Å². The van der Waals surface area contributed by atoms with Crippen LogP contribution in [0.3, 0.4) is 0 Å². The van der Waals surface area contributed by atoms with Crippen LogP contribution in [0.1, 0.15) is 57.4 Å². The Kier molecular flexibility index (Phi) is 7.54. The molecule has 1 aliphatic heterocycles. The van der Waals surface area contributed by atoms with Crippen LogP contribution in [0.5, 0.6) is 0 Å². The second-order valence-corrected chi connectivity index (χ2v) is 10.1. The second kappa shape index (κ2) is 11.0. The second-order valence-electron chi connectivity index (χ2n) is 9.69. The van der Waals surface area contributed by atoms with E-state index < -0.39 is 5.97 Å². The minimum atomic E-state index is -0.960. The molecule has 37 heavy (non-hydrogen) atoms. The van der Waals surface area contributed by atoms with Gasteiger partial charge in [-0.3, -0.25) is 9.29 Å². The molecule has 0 atom stereocenters. The zero-order chi connectivity index (χ0) is 25.9. The zero-order valence-electron chi connectivity index (χ0n) is 20.4. The van der Waals surface area contributed by atoms with Crippen molar-refractivity contribution in [3.63, 3.8) is 0 Å². The summed E-state index contributed by atoms with van der Waals surface area (Å²) in [5.41, 5.74) is 7.82. The molecule has 1 N–H and O–H groups in total. The molecule has 0 bridgehead atoms. The summed E-state index contributed by atoms with van der Waals surface area (Å²) >= 11 is 6.04. The van der Waals surface area contributed by atoms with E-state index in [-0.39, 0.29) is 18.1 Å². The van der Waals surface area contributed by atoms with Gasteiger partial charge in [-0.1, -0.05) is 54.1 Å². The fourth-order valence-corrected chi connectivity index (χ4v) is 5.46. The third kappa shape index (κ3) is 5.53. The Labute approximate surface area is 220 Å². The van der Waals surface area contributed by atoms with Crippen LogP contribution in [0.4, 0.5) is 8.78 Å². The van der Waals surface area contributed by atoms with Crippen LogP contribution in [-0.2, 0) is 6.42 Å². The third-order valence-corrected chi connectivity index (χ3v) is 7.32. The van der Waals surface area contributed by atoms with Gasteiger partial charge < -0.3 is 5.11 Å². The number of allylic oxidation sites excluding steroid dienone is 1. The van der Waals surface area contributed by atoms with Crippen LogP contribution >= 0.6 is 11.6 Å². The quantitative estimate of drug-likeness (QED) is 0.350. The standard InChI is InChI=1S/C31H28ClF2NO2/c32-25-10-12-27(29(34)17-25)28-4-1-3-23-16-24(31(36)37)9-11-26(23)30(28)22-7-5-20(6-8-22)15-21-18-35(19-21)14-2-13-33/h5-12,15-17H,1-4,13-14,18-19H2,(H,36,37). The average molecular weight is 520 g/mol. The molecule has 2 aliphatic rings. The van der Waals surface area contributed by atoms with Crippen LogP contribution in [0.2, 0.25) is 5.02 Å².